The van der Waals surface area contributed by atoms with Crippen molar-refractivity contribution in [1.82, 2.24) is 0 Å². The number of aliphatic hydroxyl groups excluding tert-OH is 1. The summed E-state index contributed by atoms with van der Waals surface area (Å²) < 4.78 is 10.9. The highest BCUT2D eigenvalue weighted by Gasteiger charge is 2.50. The molecule has 2 rings (SSSR count). The highest BCUT2D eigenvalue weighted by atomic mass is 16.8. The van der Waals surface area contributed by atoms with Gasteiger partial charge in [0, 0.05) is 0 Å². The second-order valence-corrected chi connectivity index (χ2v) is 4.26. The zero-order valence-corrected chi connectivity index (χ0v) is 8.48. The molecule has 0 aromatic carbocycles. The lowest BCUT2D eigenvalue weighted by atomic mass is 9.92. The fourth-order valence-corrected chi connectivity index (χ4v) is 1.89. The zero-order chi connectivity index (χ0) is 10.5. The van der Waals surface area contributed by atoms with E-state index in [1.165, 1.54) is 6.08 Å². The lowest BCUT2D eigenvalue weighted by Crippen LogP contribution is -2.43. The Morgan fingerprint density at radius 3 is 2.71 bits per heavy atom. The topological polar surface area (TPSA) is 55.8 Å². The first-order valence-electron chi connectivity index (χ1n) is 4.66. The quantitative estimate of drug-likeness (QED) is 0.612. The van der Waals surface area contributed by atoms with Crippen LogP contribution >= 0.6 is 0 Å². The molecular weight excluding hydrogens is 184 g/mol. The molecule has 0 aromatic heterocycles. The van der Waals surface area contributed by atoms with Gasteiger partial charge in [0.15, 0.2) is 17.7 Å². The number of rotatable bonds is 0. The first-order valence-corrected chi connectivity index (χ1v) is 4.66. The van der Waals surface area contributed by atoms with Gasteiger partial charge in [0.05, 0.1) is 0 Å². The Kier molecular flexibility index (Phi) is 2.03. The van der Waals surface area contributed by atoms with Gasteiger partial charge in [0.1, 0.15) is 12.2 Å². The summed E-state index contributed by atoms with van der Waals surface area (Å²) in [5.41, 5.74) is 0.637. The third kappa shape index (κ3) is 1.39. The molecule has 0 aromatic rings. The second-order valence-electron chi connectivity index (χ2n) is 4.26. The van der Waals surface area contributed by atoms with Gasteiger partial charge in [-0.25, -0.2) is 0 Å². The summed E-state index contributed by atoms with van der Waals surface area (Å²) in [6, 6.07) is 0. The van der Waals surface area contributed by atoms with E-state index >= 15 is 0 Å². The summed E-state index contributed by atoms with van der Waals surface area (Å²) in [4.78, 5) is 11.5. The van der Waals surface area contributed by atoms with Crippen molar-refractivity contribution in [1.29, 1.82) is 0 Å². The Morgan fingerprint density at radius 1 is 1.43 bits per heavy atom. The Balaban J connectivity index is 2.30. The van der Waals surface area contributed by atoms with Crippen LogP contribution in [0.1, 0.15) is 20.8 Å². The van der Waals surface area contributed by atoms with Gasteiger partial charge in [-0.1, -0.05) is 0 Å². The molecule has 2 aliphatic rings. The Bertz CT molecular complexity index is 305. The summed E-state index contributed by atoms with van der Waals surface area (Å²) in [5, 5.41) is 9.77. The average Bonchev–Trinajstić information content (AvgIpc) is 2.38. The molecule has 78 valence electrons. The average molecular weight is 198 g/mol. The Morgan fingerprint density at radius 2 is 2.07 bits per heavy atom. The van der Waals surface area contributed by atoms with E-state index in [0.29, 0.717) is 5.57 Å². The molecule has 0 spiro atoms. The number of fused-ring (bicyclic) bond motifs is 1. The lowest BCUT2D eigenvalue weighted by molar-refractivity contribution is -0.155. The van der Waals surface area contributed by atoms with E-state index in [0.717, 1.165) is 0 Å². The van der Waals surface area contributed by atoms with E-state index in [9.17, 15) is 9.90 Å². The van der Waals surface area contributed by atoms with Crippen LogP contribution in [-0.2, 0) is 14.3 Å². The van der Waals surface area contributed by atoms with Crippen LogP contribution < -0.4 is 0 Å². The standard InChI is InChI=1S/C10H14O4/c1-5-4-6(11)8-9(7(5)12)14-10(2,3)13-8/h4,7-9,12H,1-3H3/t7-,8+,9+/m1/s1. The monoisotopic (exact) mass is 198 g/mol. The van der Waals surface area contributed by atoms with Crippen molar-refractivity contribution in [2.45, 2.75) is 44.9 Å². The number of ketones is 1. The van der Waals surface area contributed by atoms with Crippen LogP contribution in [-0.4, -0.2) is 35.0 Å². The highest BCUT2D eigenvalue weighted by molar-refractivity contribution is 5.96. The number of carbonyl (C=O) groups excluding carboxylic acids is 1. The molecule has 4 nitrogen and oxygen atoms in total. The minimum absolute atomic E-state index is 0.122. The van der Waals surface area contributed by atoms with Crippen LogP contribution in [0.2, 0.25) is 0 Å². The van der Waals surface area contributed by atoms with Crippen LogP contribution in [0.25, 0.3) is 0 Å². The van der Waals surface area contributed by atoms with Crippen molar-refractivity contribution < 1.29 is 19.4 Å². The smallest absolute Gasteiger partial charge is 0.187 e. The number of hydrogen-bond donors (Lipinski definition) is 1. The largest absolute Gasteiger partial charge is 0.386 e. The molecule has 1 heterocycles. The van der Waals surface area contributed by atoms with E-state index in [4.69, 9.17) is 9.47 Å². The van der Waals surface area contributed by atoms with Gasteiger partial charge in [-0.15, -0.1) is 0 Å². The molecule has 1 aliphatic heterocycles. The molecule has 0 amide bonds. The molecule has 0 bridgehead atoms. The lowest BCUT2D eigenvalue weighted by Gasteiger charge is -2.25. The maximum absolute atomic E-state index is 11.5. The molecule has 1 N–H and O–H groups in total. The van der Waals surface area contributed by atoms with Gasteiger partial charge in [0.2, 0.25) is 0 Å². The van der Waals surface area contributed by atoms with Crippen LogP contribution in [0.15, 0.2) is 11.6 Å². The molecule has 1 fully saturated rings. The SMILES string of the molecule is CC1=CC(=O)[C@@H]2OC(C)(C)O[C@H]2[C@@H]1O. The van der Waals surface area contributed by atoms with E-state index in [1.807, 2.05) is 0 Å². The maximum Gasteiger partial charge on any atom is 0.187 e. The zero-order valence-electron chi connectivity index (χ0n) is 8.48. The van der Waals surface area contributed by atoms with Gasteiger partial charge in [-0.3, -0.25) is 4.79 Å². The minimum Gasteiger partial charge on any atom is -0.386 e. The molecule has 3 atom stereocenters. The van der Waals surface area contributed by atoms with E-state index in [1.54, 1.807) is 20.8 Å². The fraction of sp³-hybridized carbons (Fsp3) is 0.700. The number of aliphatic hydroxyl groups is 1. The van der Waals surface area contributed by atoms with Gasteiger partial charge >= 0.3 is 0 Å². The van der Waals surface area contributed by atoms with Crippen molar-refractivity contribution >= 4 is 5.78 Å². The van der Waals surface area contributed by atoms with Crippen molar-refractivity contribution in [2.75, 3.05) is 0 Å². The summed E-state index contributed by atoms with van der Waals surface area (Å²) in [6.45, 7) is 5.19. The van der Waals surface area contributed by atoms with Gasteiger partial charge in [0.25, 0.3) is 0 Å². The van der Waals surface area contributed by atoms with Crippen molar-refractivity contribution in [3.63, 3.8) is 0 Å². The van der Waals surface area contributed by atoms with Crippen LogP contribution in [0.4, 0.5) is 0 Å². The van der Waals surface area contributed by atoms with Crippen molar-refractivity contribution in [3.05, 3.63) is 11.6 Å². The molecular formula is C10H14O4. The predicted octanol–water partition coefficient (Wildman–Crippen LogP) is 0.396. The highest BCUT2D eigenvalue weighted by Crippen LogP contribution is 2.34. The molecule has 4 heteroatoms. The molecule has 1 saturated heterocycles. The van der Waals surface area contributed by atoms with Gasteiger partial charge in [-0.05, 0) is 32.4 Å². The van der Waals surface area contributed by atoms with Crippen molar-refractivity contribution in [3.8, 4) is 0 Å². The minimum atomic E-state index is -0.787. The third-order valence-electron chi connectivity index (χ3n) is 2.56. The number of hydrogen-bond acceptors (Lipinski definition) is 4. The van der Waals surface area contributed by atoms with Crippen LogP contribution in [0.5, 0.6) is 0 Å². The normalized spacial score (nSPS) is 40.7. The van der Waals surface area contributed by atoms with Crippen molar-refractivity contribution in [2.24, 2.45) is 0 Å². The van der Waals surface area contributed by atoms with E-state index in [-0.39, 0.29) is 5.78 Å². The molecule has 14 heavy (non-hydrogen) atoms. The van der Waals surface area contributed by atoms with E-state index < -0.39 is 24.1 Å². The summed E-state index contributed by atoms with van der Waals surface area (Å²) in [6.07, 6.45) is -0.512. The van der Waals surface area contributed by atoms with Gasteiger partial charge in [-0.2, -0.15) is 0 Å². The summed E-state index contributed by atoms with van der Waals surface area (Å²) in [7, 11) is 0. The first-order chi connectivity index (χ1) is 6.41. The molecule has 1 aliphatic carbocycles. The second kappa shape index (κ2) is 2.89. The summed E-state index contributed by atoms with van der Waals surface area (Å²) >= 11 is 0. The van der Waals surface area contributed by atoms with E-state index in [2.05, 4.69) is 0 Å². The molecule has 0 radical (unpaired) electrons. The Labute approximate surface area is 82.5 Å². The first kappa shape index (κ1) is 9.83. The maximum atomic E-state index is 11.5. The fourth-order valence-electron chi connectivity index (χ4n) is 1.89. The summed E-state index contributed by atoms with van der Waals surface area (Å²) in [5.74, 6) is -0.909. The Hall–Kier alpha value is -0.710. The predicted molar refractivity (Wildman–Crippen MR) is 48.6 cm³/mol. The number of ether oxygens (including phenoxy) is 2. The van der Waals surface area contributed by atoms with Crippen LogP contribution in [0.3, 0.4) is 0 Å². The molecule has 0 unspecified atom stereocenters. The van der Waals surface area contributed by atoms with Gasteiger partial charge < -0.3 is 14.6 Å². The number of carbonyl (C=O) groups is 1. The molecule has 0 saturated carbocycles. The van der Waals surface area contributed by atoms with Crippen LogP contribution in [0, 0.1) is 0 Å². The third-order valence-corrected chi connectivity index (χ3v) is 2.56.